The van der Waals surface area contributed by atoms with Gasteiger partial charge in [0.2, 0.25) is 5.91 Å². The smallest absolute Gasteiger partial charge is 0.230 e. The average molecular weight is 301 g/mol. The zero-order valence-electron chi connectivity index (χ0n) is 11.9. The van der Waals surface area contributed by atoms with E-state index in [0.717, 1.165) is 24.9 Å². The van der Waals surface area contributed by atoms with Gasteiger partial charge in [-0.1, -0.05) is 19.1 Å². The number of halogens is 2. The Bertz CT molecular complexity index is 446. The molecule has 5 heteroatoms. The molecule has 0 unspecified atom stereocenters. The summed E-state index contributed by atoms with van der Waals surface area (Å²) in [5, 5.41) is 6.24. The van der Waals surface area contributed by atoms with Crippen LogP contribution in [0.5, 0.6) is 0 Å². The van der Waals surface area contributed by atoms with Crippen LogP contribution >= 0.6 is 12.4 Å². The Morgan fingerprint density at radius 3 is 2.45 bits per heavy atom. The molecule has 0 heterocycles. The van der Waals surface area contributed by atoms with E-state index in [0.29, 0.717) is 6.54 Å². The maximum Gasteiger partial charge on any atom is 0.230 e. The molecule has 1 amide bonds. The molecule has 20 heavy (non-hydrogen) atoms. The molecule has 1 aromatic carbocycles. The molecule has 1 aromatic rings. The standard InChI is InChI=1S/C15H21FN2O.ClH/c1-3-17-11(2)10-18-14(19)15(8-9-15)12-4-6-13(16)7-5-12;/h4-7,11,17H,3,8-10H2,1-2H3,(H,18,19);1H/t11-;/m1./s1. The highest BCUT2D eigenvalue weighted by Gasteiger charge is 2.51. The van der Waals surface area contributed by atoms with Crippen LogP contribution in [0.2, 0.25) is 0 Å². The van der Waals surface area contributed by atoms with Gasteiger partial charge in [-0.15, -0.1) is 12.4 Å². The maximum absolute atomic E-state index is 12.9. The lowest BCUT2D eigenvalue weighted by Crippen LogP contribution is -2.42. The lowest BCUT2D eigenvalue weighted by Gasteiger charge is -2.18. The zero-order chi connectivity index (χ0) is 13.9. The van der Waals surface area contributed by atoms with Crippen molar-refractivity contribution >= 4 is 18.3 Å². The van der Waals surface area contributed by atoms with Gasteiger partial charge in [-0.05, 0) is 44.0 Å². The van der Waals surface area contributed by atoms with E-state index >= 15 is 0 Å². The third-order valence-electron chi connectivity index (χ3n) is 3.70. The number of benzene rings is 1. The number of carbonyl (C=O) groups excluding carboxylic acids is 1. The van der Waals surface area contributed by atoms with Crippen molar-refractivity contribution in [1.82, 2.24) is 10.6 Å². The first kappa shape index (κ1) is 16.9. The third kappa shape index (κ3) is 3.70. The van der Waals surface area contributed by atoms with Gasteiger partial charge >= 0.3 is 0 Å². The van der Waals surface area contributed by atoms with Crippen molar-refractivity contribution in [2.45, 2.75) is 38.1 Å². The molecular weight excluding hydrogens is 279 g/mol. The number of likely N-dealkylation sites (N-methyl/N-ethyl adjacent to an activating group) is 1. The fourth-order valence-electron chi connectivity index (χ4n) is 2.38. The monoisotopic (exact) mass is 300 g/mol. The van der Waals surface area contributed by atoms with Gasteiger partial charge in [0, 0.05) is 12.6 Å². The second-order valence-electron chi connectivity index (χ2n) is 5.26. The van der Waals surface area contributed by atoms with E-state index in [4.69, 9.17) is 0 Å². The van der Waals surface area contributed by atoms with E-state index < -0.39 is 5.41 Å². The molecule has 1 saturated carbocycles. The van der Waals surface area contributed by atoms with Gasteiger partial charge in [-0.3, -0.25) is 4.79 Å². The number of nitrogens with one attached hydrogen (secondary N) is 2. The molecule has 1 aliphatic carbocycles. The van der Waals surface area contributed by atoms with Crippen LogP contribution in [0.3, 0.4) is 0 Å². The molecule has 0 aliphatic heterocycles. The molecule has 0 radical (unpaired) electrons. The summed E-state index contributed by atoms with van der Waals surface area (Å²) < 4.78 is 12.9. The van der Waals surface area contributed by atoms with Gasteiger partial charge < -0.3 is 10.6 Å². The molecule has 2 N–H and O–H groups in total. The average Bonchev–Trinajstić information content (AvgIpc) is 3.19. The van der Waals surface area contributed by atoms with E-state index in [1.807, 2.05) is 13.8 Å². The largest absolute Gasteiger partial charge is 0.354 e. The van der Waals surface area contributed by atoms with Crippen molar-refractivity contribution in [1.29, 1.82) is 0 Å². The van der Waals surface area contributed by atoms with Gasteiger partial charge in [-0.25, -0.2) is 4.39 Å². The Balaban J connectivity index is 0.00000200. The van der Waals surface area contributed by atoms with Gasteiger partial charge in [0.25, 0.3) is 0 Å². The predicted molar refractivity (Wildman–Crippen MR) is 80.7 cm³/mol. The molecular formula is C15H22ClFN2O. The second-order valence-corrected chi connectivity index (χ2v) is 5.26. The summed E-state index contributed by atoms with van der Waals surface area (Å²) >= 11 is 0. The Kier molecular flexibility index (Phi) is 5.96. The Labute approximate surface area is 125 Å². The first-order chi connectivity index (χ1) is 9.08. The fraction of sp³-hybridized carbons (Fsp3) is 0.533. The summed E-state index contributed by atoms with van der Waals surface area (Å²) in [6.45, 7) is 5.59. The summed E-state index contributed by atoms with van der Waals surface area (Å²) in [4.78, 5) is 12.3. The van der Waals surface area contributed by atoms with Gasteiger partial charge in [0.15, 0.2) is 0 Å². The molecule has 0 bridgehead atoms. The van der Waals surface area contributed by atoms with Crippen LogP contribution in [0, 0.1) is 5.82 Å². The second kappa shape index (κ2) is 7.04. The summed E-state index contributed by atoms with van der Waals surface area (Å²) in [6, 6.07) is 6.54. The maximum atomic E-state index is 12.9. The molecule has 112 valence electrons. The highest BCUT2D eigenvalue weighted by molar-refractivity contribution is 5.91. The van der Waals surface area contributed by atoms with Gasteiger partial charge in [0.1, 0.15) is 5.82 Å². The quantitative estimate of drug-likeness (QED) is 0.847. The number of amides is 1. The summed E-state index contributed by atoms with van der Waals surface area (Å²) in [5.41, 5.74) is 0.502. The first-order valence-electron chi connectivity index (χ1n) is 6.86. The number of hydrogen-bond acceptors (Lipinski definition) is 2. The van der Waals surface area contributed by atoms with Crippen LogP contribution in [-0.2, 0) is 10.2 Å². The number of rotatable bonds is 6. The van der Waals surface area contributed by atoms with E-state index in [1.165, 1.54) is 12.1 Å². The van der Waals surface area contributed by atoms with E-state index in [1.54, 1.807) is 12.1 Å². The normalized spacial score (nSPS) is 16.9. The predicted octanol–water partition coefficient (Wildman–Crippen LogP) is 2.39. The van der Waals surface area contributed by atoms with Crippen molar-refractivity contribution in [3.8, 4) is 0 Å². The SMILES string of the molecule is CCN[C@H](C)CNC(=O)C1(c2ccc(F)cc2)CC1.Cl. The minimum absolute atomic E-state index is 0. The molecule has 0 aromatic heterocycles. The zero-order valence-corrected chi connectivity index (χ0v) is 12.7. The lowest BCUT2D eigenvalue weighted by atomic mass is 9.95. The van der Waals surface area contributed by atoms with Crippen LogP contribution < -0.4 is 10.6 Å². The van der Waals surface area contributed by atoms with Crippen LogP contribution in [-0.4, -0.2) is 25.0 Å². The third-order valence-corrected chi connectivity index (χ3v) is 3.70. The number of hydrogen-bond donors (Lipinski definition) is 2. The highest BCUT2D eigenvalue weighted by atomic mass is 35.5. The van der Waals surface area contributed by atoms with Crippen molar-refractivity contribution in [2.24, 2.45) is 0 Å². The minimum Gasteiger partial charge on any atom is -0.354 e. The number of carbonyl (C=O) groups is 1. The van der Waals surface area contributed by atoms with Crippen LogP contribution in [0.4, 0.5) is 4.39 Å². The molecule has 1 atom stereocenters. The van der Waals surface area contributed by atoms with Crippen LogP contribution in [0.15, 0.2) is 24.3 Å². The van der Waals surface area contributed by atoms with Crippen LogP contribution in [0.1, 0.15) is 32.3 Å². The molecule has 3 nitrogen and oxygen atoms in total. The van der Waals surface area contributed by atoms with E-state index in [-0.39, 0.29) is 30.2 Å². The Morgan fingerprint density at radius 2 is 1.95 bits per heavy atom. The minimum atomic E-state index is -0.417. The molecule has 1 fully saturated rings. The van der Waals surface area contributed by atoms with Gasteiger partial charge in [0.05, 0.1) is 5.41 Å². The van der Waals surface area contributed by atoms with Crippen LogP contribution in [0.25, 0.3) is 0 Å². The molecule has 1 aliphatic rings. The first-order valence-corrected chi connectivity index (χ1v) is 6.86. The highest BCUT2D eigenvalue weighted by Crippen LogP contribution is 2.48. The van der Waals surface area contributed by atoms with E-state index in [9.17, 15) is 9.18 Å². The van der Waals surface area contributed by atoms with Crippen molar-refractivity contribution in [2.75, 3.05) is 13.1 Å². The van der Waals surface area contributed by atoms with E-state index in [2.05, 4.69) is 10.6 Å². The Hall–Kier alpha value is -1.13. The molecule has 2 rings (SSSR count). The van der Waals surface area contributed by atoms with Gasteiger partial charge in [-0.2, -0.15) is 0 Å². The fourth-order valence-corrected chi connectivity index (χ4v) is 2.38. The molecule has 0 saturated heterocycles. The topological polar surface area (TPSA) is 41.1 Å². The summed E-state index contributed by atoms with van der Waals surface area (Å²) in [7, 11) is 0. The summed E-state index contributed by atoms with van der Waals surface area (Å²) in [6.07, 6.45) is 1.69. The van der Waals surface area contributed by atoms with Crippen molar-refractivity contribution in [3.05, 3.63) is 35.6 Å². The van der Waals surface area contributed by atoms with Crippen molar-refractivity contribution < 1.29 is 9.18 Å². The Morgan fingerprint density at radius 1 is 1.35 bits per heavy atom. The lowest BCUT2D eigenvalue weighted by molar-refractivity contribution is -0.123. The van der Waals surface area contributed by atoms with Crippen molar-refractivity contribution in [3.63, 3.8) is 0 Å². The summed E-state index contributed by atoms with van der Waals surface area (Å²) in [5.74, 6) is -0.204. The molecule has 0 spiro atoms.